The molecular formula is C23H32N5O2+. The van der Waals surface area contributed by atoms with Gasteiger partial charge in [-0.1, -0.05) is 44.2 Å². The van der Waals surface area contributed by atoms with Crippen LogP contribution >= 0.6 is 0 Å². The van der Waals surface area contributed by atoms with Crippen LogP contribution in [0, 0.1) is 11.8 Å². The fourth-order valence-corrected chi connectivity index (χ4v) is 5.05. The highest BCUT2D eigenvalue weighted by Gasteiger charge is 2.53. The van der Waals surface area contributed by atoms with Gasteiger partial charge in [0.15, 0.2) is 0 Å². The number of urea groups is 1. The second-order valence-electron chi connectivity index (χ2n) is 9.10. The van der Waals surface area contributed by atoms with Crippen molar-refractivity contribution in [2.45, 2.75) is 32.7 Å². The fraction of sp³-hybridized carbons (Fsp3) is 0.565. The van der Waals surface area contributed by atoms with Crippen LogP contribution in [0.3, 0.4) is 0 Å². The van der Waals surface area contributed by atoms with E-state index in [1.54, 1.807) is 14.1 Å². The Morgan fingerprint density at radius 1 is 1.03 bits per heavy atom. The molecule has 2 fully saturated rings. The van der Waals surface area contributed by atoms with Gasteiger partial charge in [0, 0.05) is 33.6 Å². The van der Waals surface area contributed by atoms with Gasteiger partial charge in [0.2, 0.25) is 0 Å². The molecule has 3 heterocycles. The van der Waals surface area contributed by atoms with Crippen LogP contribution in [0.5, 0.6) is 0 Å². The van der Waals surface area contributed by atoms with Crippen LogP contribution in [0.2, 0.25) is 0 Å². The zero-order valence-corrected chi connectivity index (χ0v) is 18.4. The molecule has 160 valence electrons. The molecule has 0 bridgehead atoms. The van der Waals surface area contributed by atoms with Crippen LogP contribution in [-0.2, 0) is 11.2 Å². The highest BCUT2D eigenvalue weighted by molar-refractivity contribution is 6.23. The highest BCUT2D eigenvalue weighted by Crippen LogP contribution is 2.23. The number of hydrogen-bond donors (Lipinski definition) is 0. The summed E-state index contributed by atoms with van der Waals surface area (Å²) in [7, 11) is 3.26. The third-order valence-electron chi connectivity index (χ3n) is 6.41. The number of piperidine rings is 1. The van der Waals surface area contributed by atoms with Gasteiger partial charge >= 0.3 is 11.9 Å². The molecule has 0 aromatic heterocycles. The van der Waals surface area contributed by atoms with Gasteiger partial charge in [0.1, 0.15) is 6.54 Å². The second kappa shape index (κ2) is 8.30. The van der Waals surface area contributed by atoms with Gasteiger partial charge in [-0.05, 0) is 28.8 Å². The third-order valence-corrected chi connectivity index (χ3v) is 6.41. The molecule has 0 radical (unpaired) electrons. The summed E-state index contributed by atoms with van der Waals surface area (Å²) in [4.78, 5) is 35.5. The third kappa shape index (κ3) is 3.90. The first kappa shape index (κ1) is 20.7. The number of rotatable bonds is 5. The van der Waals surface area contributed by atoms with E-state index in [2.05, 4.69) is 35.5 Å². The van der Waals surface area contributed by atoms with E-state index in [9.17, 15) is 9.59 Å². The van der Waals surface area contributed by atoms with Crippen LogP contribution in [0.15, 0.2) is 35.3 Å². The Labute approximate surface area is 178 Å². The largest absolute Gasteiger partial charge is 0.333 e. The minimum atomic E-state index is -0.518. The number of amides is 3. The maximum absolute atomic E-state index is 13.1. The molecule has 0 spiro atoms. The van der Waals surface area contributed by atoms with E-state index in [-0.39, 0.29) is 11.9 Å². The molecule has 7 nitrogen and oxygen atoms in total. The smallest absolute Gasteiger partial charge is 0.292 e. The van der Waals surface area contributed by atoms with E-state index in [1.807, 2.05) is 18.2 Å². The first-order valence-corrected chi connectivity index (χ1v) is 10.9. The lowest BCUT2D eigenvalue weighted by Crippen LogP contribution is -2.61. The van der Waals surface area contributed by atoms with Crippen molar-refractivity contribution in [1.29, 1.82) is 0 Å². The summed E-state index contributed by atoms with van der Waals surface area (Å²) in [6, 6.07) is 9.46. The summed E-state index contributed by atoms with van der Waals surface area (Å²) >= 11 is 0. The number of imide groups is 1. The lowest BCUT2D eigenvalue weighted by atomic mass is 9.92. The standard InChI is InChI=1S/C23H32N5O2/c1-16-12-17(2)14-27(13-16)15-19-24-21-20(22(29)26(4)23(30)25(21)3)28(19)11-10-18-8-6-5-7-9-18/h5-9,16-17,20H,10-15H2,1-4H3/q+1. The molecule has 7 heteroatoms. The first-order chi connectivity index (χ1) is 14.3. The van der Waals surface area contributed by atoms with Crippen molar-refractivity contribution < 1.29 is 14.2 Å². The molecule has 1 aromatic carbocycles. The Morgan fingerprint density at radius 2 is 1.70 bits per heavy atom. The van der Waals surface area contributed by atoms with Crippen molar-refractivity contribution in [1.82, 2.24) is 14.7 Å². The Morgan fingerprint density at radius 3 is 2.37 bits per heavy atom. The summed E-state index contributed by atoms with van der Waals surface area (Å²) in [5, 5.41) is 0. The van der Waals surface area contributed by atoms with Gasteiger partial charge in [0.05, 0.1) is 6.54 Å². The van der Waals surface area contributed by atoms with Gasteiger partial charge in [-0.15, -0.1) is 0 Å². The van der Waals surface area contributed by atoms with E-state index in [4.69, 9.17) is 4.99 Å². The number of carbonyl (C=O) groups is 2. The molecule has 3 amide bonds. The summed E-state index contributed by atoms with van der Waals surface area (Å²) in [5.41, 5.74) is 1.23. The van der Waals surface area contributed by atoms with E-state index >= 15 is 0 Å². The summed E-state index contributed by atoms with van der Waals surface area (Å²) in [6.45, 7) is 8.08. The second-order valence-corrected chi connectivity index (χ2v) is 9.10. The molecule has 3 unspecified atom stereocenters. The molecule has 30 heavy (non-hydrogen) atoms. The van der Waals surface area contributed by atoms with Gasteiger partial charge in [-0.3, -0.25) is 19.5 Å². The van der Waals surface area contributed by atoms with Crippen LogP contribution in [0.4, 0.5) is 4.79 Å². The zero-order valence-electron chi connectivity index (χ0n) is 18.4. The Kier molecular flexibility index (Phi) is 5.73. The van der Waals surface area contributed by atoms with Crippen molar-refractivity contribution in [2.75, 3.05) is 40.3 Å². The fourth-order valence-electron chi connectivity index (χ4n) is 5.05. The Hall–Kier alpha value is -2.54. The molecular weight excluding hydrogens is 378 g/mol. The molecule has 3 aliphatic rings. The van der Waals surface area contributed by atoms with Gasteiger partial charge in [-0.25, -0.2) is 9.37 Å². The van der Waals surface area contributed by atoms with Crippen LogP contribution in [0.1, 0.15) is 25.8 Å². The van der Waals surface area contributed by atoms with Crippen LogP contribution in [-0.4, -0.2) is 89.2 Å². The predicted molar refractivity (Wildman–Crippen MR) is 117 cm³/mol. The lowest BCUT2D eigenvalue weighted by molar-refractivity contribution is -0.535. The van der Waals surface area contributed by atoms with Crippen molar-refractivity contribution in [3.8, 4) is 0 Å². The van der Waals surface area contributed by atoms with Gasteiger partial charge in [0.25, 0.3) is 17.8 Å². The minimum Gasteiger partial charge on any atom is -0.292 e. The van der Waals surface area contributed by atoms with Crippen molar-refractivity contribution in [3.63, 3.8) is 0 Å². The summed E-state index contributed by atoms with van der Waals surface area (Å²) in [5.74, 6) is 2.57. The number of aliphatic imine (C=N–C) groups is 1. The highest BCUT2D eigenvalue weighted by atomic mass is 16.2. The SMILES string of the molecule is CC1CC(C)CN(CC2=[N+](CCc3ccccc3)C3C(=O)N(C)C(=O)N(C)C3=N2)C1. The van der Waals surface area contributed by atoms with Crippen molar-refractivity contribution in [3.05, 3.63) is 35.9 Å². The summed E-state index contributed by atoms with van der Waals surface area (Å²) < 4.78 is 2.12. The molecule has 0 aliphatic carbocycles. The first-order valence-electron chi connectivity index (χ1n) is 10.9. The minimum absolute atomic E-state index is 0.194. The number of benzene rings is 1. The predicted octanol–water partition coefficient (Wildman–Crippen LogP) is 1.92. The normalized spacial score (nSPS) is 27.6. The number of hydrogen-bond acceptors (Lipinski definition) is 4. The van der Waals surface area contributed by atoms with Crippen LogP contribution < -0.4 is 0 Å². The molecule has 3 aliphatic heterocycles. The number of carbonyl (C=O) groups excluding carboxylic acids is 2. The van der Waals surface area contributed by atoms with E-state index in [0.717, 1.165) is 25.3 Å². The Balaban J connectivity index is 1.63. The topological polar surface area (TPSA) is 59.2 Å². The number of fused-ring (bicyclic) bond motifs is 1. The van der Waals surface area contributed by atoms with Crippen molar-refractivity contribution in [2.24, 2.45) is 16.8 Å². The lowest BCUT2D eigenvalue weighted by Gasteiger charge is -2.34. The average molecular weight is 411 g/mol. The summed E-state index contributed by atoms with van der Waals surface area (Å²) in [6.07, 6.45) is 2.08. The molecule has 2 saturated heterocycles. The van der Waals surface area contributed by atoms with E-state index < -0.39 is 6.04 Å². The van der Waals surface area contributed by atoms with Gasteiger partial charge < -0.3 is 0 Å². The number of nitrogens with zero attached hydrogens (tertiary/aromatic N) is 5. The number of amidine groups is 2. The van der Waals surface area contributed by atoms with E-state index in [1.165, 1.54) is 21.8 Å². The Bertz CT molecular complexity index is 884. The number of likely N-dealkylation sites (tertiary alicyclic amines) is 1. The zero-order chi connectivity index (χ0) is 21.4. The number of likely N-dealkylation sites (N-methyl/N-ethyl adjacent to an activating group) is 2. The maximum Gasteiger partial charge on any atom is 0.333 e. The quantitative estimate of drug-likeness (QED) is 0.697. The average Bonchev–Trinajstić information content (AvgIpc) is 3.07. The molecule has 1 aromatic rings. The molecule has 3 atom stereocenters. The van der Waals surface area contributed by atoms with Gasteiger partial charge in [-0.2, -0.15) is 0 Å². The molecule has 4 rings (SSSR count). The monoisotopic (exact) mass is 410 g/mol. The maximum atomic E-state index is 13.1. The van der Waals surface area contributed by atoms with E-state index in [0.29, 0.717) is 30.8 Å². The van der Waals surface area contributed by atoms with Crippen LogP contribution in [0.25, 0.3) is 0 Å². The molecule has 0 N–H and O–H groups in total. The van der Waals surface area contributed by atoms with Crippen molar-refractivity contribution >= 4 is 23.6 Å². The molecule has 0 saturated carbocycles.